The highest BCUT2D eigenvalue weighted by Gasteiger charge is 2.41. The molecule has 2 saturated carbocycles. The lowest BCUT2D eigenvalue weighted by atomic mass is 9.69. The van der Waals surface area contributed by atoms with Gasteiger partial charge >= 0.3 is 0 Å². The van der Waals surface area contributed by atoms with Crippen LogP contribution in [0.5, 0.6) is 0 Å². The number of hydrogen-bond donors (Lipinski definition) is 1. The summed E-state index contributed by atoms with van der Waals surface area (Å²) in [6, 6.07) is 2.22. The molecule has 2 aliphatic rings. The van der Waals surface area contributed by atoms with Crippen molar-refractivity contribution in [1.82, 2.24) is 10.2 Å². The van der Waals surface area contributed by atoms with Crippen LogP contribution in [0.3, 0.4) is 0 Å². The normalized spacial score (nSPS) is 38.1. The topological polar surface area (TPSA) is 15.3 Å². The molecular formula is C18H36N2. The van der Waals surface area contributed by atoms with Gasteiger partial charge in [-0.05, 0) is 63.5 Å². The van der Waals surface area contributed by atoms with Crippen molar-refractivity contribution in [3.8, 4) is 0 Å². The zero-order valence-corrected chi connectivity index (χ0v) is 14.4. The molecule has 2 nitrogen and oxygen atoms in total. The highest BCUT2D eigenvalue weighted by Crippen LogP contribution is 2.39. The Morgan fingerprint density at radius 2 is 1.75 bits per heavy atom. The molecule has 0 aromatic carbocycles. The van der Waals surface area contributed by atoms with Gasteiger partial charge in [-0.3, -0.25) is 4.90 Å². The highest BCUT2D eigenvalue weighted by molar-refractivity contribution is 4.99. The van der Waals surface area contributed by atoms with Crippen LogP contribution >= 0.6 is 0 Å². The first-order valence-corrected chi connectivity index (χ1v) is 8.91. The summed E-state index contributed by atoms with van der Waals surface area (Å²) in [7, 11) is 2.40. The van der Waals surface area contributed by atoms with Gasteiger partial charge in [-0.25, -0.2) is 0 Å². The van der Waals surface area contributed by atoms with Crippen LogP contribution in [0, 0.1) is 11.3 Å². The fourth-order valence-electron chi connectivity index (χ4n) is 4.60. The van der Waals surface area contributed by atoms with Crippen LogP contribution < -0.4 is 5.32 Å². The fourth-order valence-corrected chi connectivity index (χ4v) is 4.60. The van der Waals surface area contributed by atoms with Gasteiger partial charge in [0.1, 0.15) is 0 Å². The van der Waals surface area contributed by atoms with Gasteiger partial charge in [0.25, 0.3) is 0 Å². The minimum absolute atomic E-state index is 0.440. The largest absolute Gasteiger partial charge is 0.312 e. The van der Waals surface area contributed by atoms with Crippen LogP contribution in [0.1, 0.15) is 72.6 Å². The third-order valence-electron chi connectivity index (χ3n) is 6.06. The summed E-state index contributed by atoms with van der Waals surface area (Å²) in [6.45, 7) is 10.7. The van der Waals surface area contributed by atoms with Crippen molar-refractivity contribution in [2.45, 2.75) is 90.8 Å². The summed E-state index contributed by atoms with van der Waals surface area (Å²) < 4.78 is 0. The summed E-state index contributed by atoms with van der Waals surface area (Å²) in [6.07, 6.45) is 9.82. The predicted molar refractivity (Wildman–Crippen MR) is 88.1 cm³/mol. The number of likely N-dealkylation sites (N-methyl/N-ethyl adjacent to an activating group) is 2. The van der Waals surface area contributed by atoms with Crippen molar-refractivity contribution >= 4 is 0 Å². The van der Waals surface area contributed by atoms with Gasteiger partial charge in [0, 0.05) is 18.1 Å². The van der Waals surface area contributed by atoms with Crippen LogP contribution in [-0.2, 0) is 0 Å². The Morgan fingerprint density at radius 3 is 2.35 bits per heavy atom. The van der Waals surface area contributed by atoms with Crippen molar-refractivity contribution in [3.05, 3.63) is 0 Å². The maximum absolute atomic E-state index is 3.81. The second-order valence-electron chi connectivity index (χ2n) is 8.06. The van der Waals surface area contributed by atoms with Crippen LogP contribution in [0.15, 0.2) is 0 Å². The first-order valence-electron chi connectivity index (χ1n) is 8.91. The van der Waals surface area contributed by atoms with E-state index in [1.165, 1.54) is 44.9 Å². The zero-order valence-electron chi connectivity index (χ0n) is 14.4. The minimum atomic E-state index is 0.440. The van der Waals surface area contributed by atoms with E-state index in [4.69, 9.17) is 0 Å². The quantitative estimate of drug-likeness (QED) is 0.835. The Morgan fingerprint density at radius 1 is 1.10 bits per heavy atom. The fraction of sp³-hybridized carbons (Fsp3) is 1.00. The molecule has 20 heavy (non-hydrogen) atoms. The van der Waals surface area contributed by atoms with E-state index in [9.17, 15) is 0 Å². The molecule has 0 heterocycles. The average Bonchev–Trinajstić information content (AvgIpc) is 2.41. The van der Waals surface area contributed by atoms with Crippen LogP contribution in [0.2, 0.25) is 0 Å². The first kappa shape index (κ1) is 16.3. The second kappa shape index (κ2) is 6.79. The van der Waals surface area contributed by atoms with Gasteiger partial charge in [0.05, 0.1) is 0 Å². The van der Waals surface area contributed by atoms with Crippen molar-refractivity contribution in [1.29, 1.82) is 0 Å². The van der Waals surface area contributed by atoms with E-state index in [0.29, 0.717) is 11.5 Å². The molecule has 0 radical (unpaired) electrons. The van der Waals surface area contributed by atoms with Crippen LogP contribution in [0.25, 0.3) is 0 Å². The molecule has 0 aromatic heterocycles. The third-order valence-corrected chi connectivity index (χ3v) is 6.06. The molecule has 0 amide bonds. The summed E-state index contributed by atoms with van der Waals surface area (Å²) in [4.78, 5) is 2.75. The smallest absolute Gasteiger partial charge is 0.0274 e. The van der Waals surface area contributed by atoms with Crippen molar-refractivity contribution in [3.63, 3.8) is 0 Å². The number of nitrogens with one attached hydrogen (secondary N) is 1. The number of nitrogens with zero attached hydrogens (tertiary/aromatic N) is 1. The molecule has 0 aliphatic heterocycles. The first-order chi connectivity index (χ1) is 9.45. The highest BCUT2D eigenvalue weighted by atomic mass is 15.2. The predicted octanol–water partition coefficient (Wildman–Crippen LogP) is 4.05. The maximum Gasteiger partial charge on any atom is 0.0274 e. The number of hydrogen-bond acceptors (Lipinski definition) is 2. The van der Waals surface area contributed by atoms with E-state index in [1.54, 1.807) is 0 Å². The molecule has 2 heteroatoms. The Balaban J connectivity index is 2.04. The maximum atomic E-state index is 3.81. The minimum Gasteiger partial charge on any atom is -0.312 e. The van der Waals surface area contributed by atoms with E-state index in [-0.39, 0.29) is 0 Å². The Hall–Kier alpha value is -0.0800. The third kappa shape index (κ3) is 3.57. The number of rotatable bonds is 4. The molecule has 2 fully saturated rings. The molecule has 2 unspecified atom stereocenters. The van der Waals surface area contributed by atoms with Gasteiger partial charge in [-0.1, -0.05) is 34.1 Å². The monoisotopic (exact) mass is 280 g/mol. The zero-order chi connectivity index (χ0) is 14.8. The lowest BCUT2D eigenvalue weighted by Gasteiger charge is -2.50. The molecule has 2 atom stereocenters. The van der Waals surface area contributed by atoms with Crippen molar-refractivity contribution < 1.29 is 0 Å². The molecule has 1 N–H and O–H groups in total. The Bertz CT molecular complexity index is 292. The van der Waals surface area contributed by atoms with E-state index < -0.39 is 0 Å². The van der Waals surface area contributed by atoms with Gasteiger partial charge in [0.2, 0.25) is 0 Å². The molecule has 118 valence electrons. The SMILES string of the molecule is CCNC1C(N(C)C2CCC(C)CC2)CCCC1(C)C. The molecule has 0 saturated heterocycles. The average molecular weight is 280 g/mol. The van der Waals surface area contributed by atoms with E-state index >= 15 is 0 Å². The van der Waals surface area contributed by atoms with Crippen molar-refractivity contribution in [2.75, 3.05) is 13.6 Å². The van der Waals surface area contributed by atoms with E-state index in [0.717, 1.165) is 24.5 Å². The van der Waals surface area contributed by atoms with E-state index in [1.807, 2.05) is 0 Å². The molecule has 2 rings (SSSR count). The van der Waals surface area contributed by atoms with Gasteiger partial charge in [0.15, 0.2) is 0 Å². The van der Waals surface area contributed by atoms with Crippen LogP contribution in [-0.4, -0.2) is 36.6 Å². The summed E-state index contributed by atoms with van der Waals surface area (Å²) in [5.74, 6) is 0.951. The van der Waals surface area contributed by atoms with Crippen LogP contribution in [0.4, 0.5) is 0 Å². The second-order valence-corrected chi connectivity index (χ2v) is 8.06. The van der Waals surface area contributed by atoms with Gasteiger partial charge in [-0.15, -0.1) is 0 Å². The lowest BCUT2D eigenvalue weighted by molar-refractivity contribution is 0.0268. The van der Waals surface area contributed by atoms with Crippen molar-refractivity contribution in [2.24, 2.45) is 11.3 Å². The molecule has 0 spiro atoms. The Labute approximate surface area is 126 Å². The van der Waals surface area contributed by atoms with Gasteiger partial charge in [-0.2, -0.15) is 0 Å². The summed E-state index contributed by atoms with van der Waals surface area (Å²) in [5.41, 5.74) is 0.440. The Kier molecular flexibility index (Phi) is 5.53. The molecular weight excluding hydrogens is 244 g/mol. The van der Waals surface area contributed by atoms with E-state index in [2.05, 4.69) is 45.0 Å². The standard InChI is InChI=1S/C18H36N2/c1-6-19-17-16(8-7-13-18(17,3)4)20(5)15-11-9-14(2)10-12-15/h14-17,19H,6-13H2,1-5H3. The molecule has 0 aromatic rings. The molecule has 0 bridgehead atoms. The van der Waals surface area contributed by atoms with Gasteiger partial charge < -0.3 is 5.32 Å². The summed E-state index contributed by atoms with van der Waals surface area (Å²) >= 11 is 0. The summed E-state index contributed by atoms with van der Waals surface area (Å²) in [5, 5.41) is 3.81. The molecule has 2 aliphatic carbocycles. The lowest BCUT2D eigenvalue weighted by Crippen LogP contribution is -2.60.